The highest BCUT2D eigenvalue weighted by Crippen LogP contribution is 2.39. The molecule has 7 heteroatoms. The van der Waals surface area contributed by atoms with Crippen molar-refractivity contribution in [3.8, 4) is 0 Å². The molecule has 2 atom stereocenters. The van der Waals surface area contributed by atoms with Gasteiger partial charge in [0.1, 0.15) is 17.6 Å². The Balaban J connectivity index is 2.34. The largest absolute Gasteiger partial charge is 0.432 e. The fourth-order valence-corrected chi connectivity index (χ4v) is 2.29. The summed E-state index contributed by atoms with van der Waals surface area (Å²) in [6.07, 6.45) is 0.629. The number of carbonyl (C=O) groups excluding carboxylic acids is 1. The third kappa shape index (κ3) is 2.69. The molecule has 20 heavy (non-hydrogen) atoms. The zero-order valence-electron chi connectivity index (χ0n) is 12.0. The van der Waals surface area contributed by atoms with Gasteiger partial charge in [-0.15, -0.1) is 0 Å². The third-order valence-electron chi connectivity index (χ3n) is 3.03. The normalized spacial score (nSPS) is 22.7. The lowest BCUT2D eigenvalue weighted by molar-refractivity contribution is -0.181. The van der Waals surface area contributed by atoms with Crippen molar-refractivity contribution in [2.45, 2.75) is 45.3 Å². The molecule has 0 bridgehead atoms. The second-order valence-electron chi connectivity index (χ2n) is 5.84. The van der Waals surface area contributed by atoms with Gasteiger partial charge in [-0.3, -0.25) is 9.78 Å². The molecule has 0 radical (unpaired) electrons. The summed E-state index contributed by atoms with van der Waals surface area (Å²) in [5, 5.41) is 9.68. The molecule has 1 amide bonds. The molecule has 5 nitrogen and oxygen atoms in total. The molecule has 0 aliphatic carbocycles. The molecule has 2 rings (SSSR count). The van der Waals surface area contributed by atoms with Gasteiger partial charge in [-0.2, -0.15) is 0 Å². The number of carbonyl (C=O) groups is 1. The average Bonchev–Trinajstić information content (AvgIpc) is 2.32. The van der Waals surface area contributed by atoms with Crippen LogP contribution in [0.15, 0.2) is 18.3 Å². The first-order valence-electron chi connectivity index (χ1n) is 6.51. The van der Waals surface area contributed by atoms with Gasteiger partial charge in [0.15, 0.2) is 6.10 Å². The minimum Gasteiger partial charge on any atom is -0.432 e. The summed E-state index contributed by atoms with van der Waals surface area (Å²) in [5.41, 5.74) is -0.434. The van der Waals surface area contributed by atoms with Crippen molar-refractivity contribution in [3.63, 3.8) is 0 Å². The van der Waals surface area contributed by atoms with Gasteiger partial charge in [0.25, 0.3) is 0 Å². The van der Waals surface area contributed by atoms with Crippen LogP contribution in [0.25, 0.3) is 0 Å². The molecule has 0 saturated carbocycles. The Bertz CT molecular complexity index is 519. The number of ether oxygens (including phenoxy) is 1. The Morgan fingerprint density at radius 2 is 2.15 bits per heavy atom. The van der Waals surface area contributed by atoms with Crippen molar-refractivity contribution in [2.24, 2.45) is 0 Å². The maximum absolute atomic E-state index is 13.9. The van der Waals surface area contributed by atoms with Crippen LogP contribution < -0.4 is 0 Å². The van der Waals surface area contributed by atoms with Crippen molar-refractivity contribution >= 4 is 13.0 Å². The van der Waals surface area contributed by atoms with E-state index in [1.54, 1.807) is 0 Å². The van der Waals surface area contributed by atoms with Gasteiger partial charge < -0.3 is 14.6 Å². The second kappa shape index (κ2) is 5.14. The predicted molar refractivity (Wildman–Crippen MR) is 72.2 cm³/mol. The predicted octanol–water partition coefficient (Wildman–Crippen LogP) is 1.40. The van der Waals surface area contributed by atoms with Crippen LogP contribution in [0.2, 0.25) is 6.82 Å². The molecule has 0 aromatic carbocycles. The fourth-order valence-electron chi connectivity index (χ4n) is 2.29. The lowest BCUT2D eigenvalue weighted by Crippen LogP contribution is -2.65. The number of nitrogens with zero attached hydrogens (tertiary/aromatic N) is 2. The minimum atomic E-state index is -1.02. The zero-order valence-corrected chi connectivity index (χ0v) is 12.0. The molecular formula is C13H18BFN2O3. The second-order valence-corrected chi connectivity index (χ2v) is 5.84. The summed E-state index contributed by atoms with van der Waals surface area (Å²) in [6.45, 7) is 6.91. The number of hydrogen-bond donors (Lipinski definition) is 1. The summed E-state index contributed by atoms with van der Waals surface area (Å²) in [5.74, 6) is -0.872. The highest BCUT2D eigenvalue weighted by atomic mass is 19.1. The number of halogens is 1. The van der Waals surface area contributed by atoms with Crippen LogP contribution in [0.3, 0.4) is 0 Å². The standard InChI is InChI=1S/C13H18BFN2O3/c1-13(2,3)20-11-10(17(12(11)18)14(4)19)9-8(15)6-5-7-16-9/h5-7,10-11,19H,1-4H3/t10-,11+/m0/s1. The van der Waals surface area contributed by atoms with Crippen LogP contribution in [0, 0.1) is 5.82 Å². The molecule has 1 aromatic heterocycles. The average molecular weight is 280 g/mol. The molecule has 108 valence electrons. The first kappa shape index (κ1) is 14.9. The maximum atomic E-state index is 13.9. The molecule has 0 unspecified atom stereocenters. The van der Waals surface area contributed by atoms with Crippen LogP contribution in [-0.2, 0) is 9.53 Å². The van der Waals surface area contributed by atoms with E-state index >= 15 is 0 Å². The first-order chi connectivity index (χ1) is 9.22. The van der Waals surface area contributed by atoms with Gasteiger partial charge in [0.2, 0.25) is 5.91 Å². The Labute approximate surface area is 117 Å². The lowest BCUT2D eigenvalue weighted by atomic mass is 9.74. The van der Waals surface area contributed by atoms with Crippen molar-refractivity contribution < 1.29 is 18.9 Å². The highest BCUT2D eigenvalue weighted by molar-refractivity contribution is 6.50. The first-order valence-corrected chi connectivity index (χ1v) is 6.51. The summed E-state index contributed by atoms with van der Waals surface area (Å²) in [7, 11) is -1.02. The van der Waals surface area contributed by atoms with Crippen LogP contribution in [0.1, 0.15) is 32.5 Å². The Kier molecular flexibility index (Phi) is 3.84. The number of pyridine rings is 1. The van der Waals surface area contributed by atoms with Gasteiger partial charge >= 0.3 is 7.05 Å². The van der Waals surface area contributed by atoms with E-state index in [9.17, 15) is 14.2 Å². The number of β-lactam (4-membered cyclic amide) rings is 1. The Hall–Kier alpha value is -1.47. The molecule has 1 aliphatic heterocycles. The SMILES string of the molecule is CB(O)N1C(=O)[C@H](OC(C)(C)C)[C@@H]1c1ncccc1F. The van der Waals surface area contributed by atoms with Crippen LogP contribution in [0.5, 0.6) is 0 Å². The van der Waals surface area contributed by atoms with E-state index in [0.717, 1.165) is 0 Å². The quantitative estimate of drug-likeness (QED) is 0.671. The van der Waals surface area contributed by atoms with Crippen LogP contribution >= 0.6 is 0 Å². The van der Waals surface area contributed by atoms with E-state index in [-0.39, 0.29) is 11.6 Å². The summed E-state index contributed by atoms with van der Waals surface area (Å²) >= 11 is 0. The third-order valence-corrected chi connectivity index (χ3v) is 3.03. The summed E-state index contributed by atoms with van der Waals surface area (Å²) in [4.78, 5) is 17.2. The number of rotatable bonds is 3. The molecule has 0 spiro atoms. The van der Waals surface area contributed by atoms with Crippen molar-refractivity contribution in [2.75, 3.05) is 0 Å². The Morgan fingerprint density at radius 1 is 1.50 bits per heavy atom. The molecule has 1 fully saturated rings. The van der Waals surface area contributed by atoms with Crippen LogP contribution in [0.4, 0.5) is 4.39 Å². The zero-order chi connectivity index (χ0) is 15.1. The highest BCUT2D eigenvalue weighted by Gasteiger charge is 2.54. The minimum absolute atomic E-state index is 0.113. The number of aromatic nitrogens is 1. The Morgan fingerprint density at radius 3 is 2.65 bits per heavy atom. The van der Waals surface area contributed by atoms with Gasteiger partial charge in [-0.1, -0.05) is 0 Å². The smallest absolute Gasteiger partial charge is 0.412 e. The molecule has 1 N–H and O–H groups in total. The summed E-state index contributed by atoms with van der Waals surface area (Å²) < 4.78 is 19.6. The number of amides is 1. The van der Waals surface area contributed by atoms with Crippen molar-refractivity contribution in [1.82, 2.24) is 9.79 Å². The van der Waals surface area contributed by atoms with Crippen LogP contribution in [-0.4, -0.2) is 39.5 Å². The lowest BCUT2D eigenvalue weighted by Gasteiger charge is -2.49. The van der Waals surface area contributed by atoms with E-state index in [0.29, 0.717) is 0 Å². The van der Waals surface area contributed by atoms with E-state index in [2.05, 4.69) is 4.98 Å². The molecule has 1 aromatic rings. The van der Waals surface area contributed by atoms with Gasteiger partial charge in [-0.25, -0.2) is 4.39 Å². The topological polar surface area (TPSA) is 62.7 Å². The van der Waals surface area contributed by atoms with Gasteiger partial charge in [0, 0.05) is 6.20 Å². The fraction of sp³-hybridized carbons (Fsp3) is 0.538. The summed E-state index contributed by atoms with van der Waals surface area (Å²) in [6, 6.07) is 2.05. The molecule has 1 saturated heterocycles. The maximum Gasteiger partial charge on any atom is 0.412 e. The van der Waals surface area contributed by atoms with E-state index in [4.69, 9.17) is 4.74 Å². The van der Waals surface area contributed by atoms with E-state index < -0.39 is 30.6 Å². The van der Waals surface area contributed by atoms with Crippen molar-refractivity contribution in [3.05, 3.63) is 29.8 Å². The van der Waals surface area contributed by atoms with Crippen molar-refractivity contribution in [1.29, 1.82) is 0 Å². The van der Waals surface area contributed by atoms with E-state index in [1.165, 1.54) is 30.0 Å². The van der Waals surface area contributed by atoms with E-state index in [1.807, 2.05) is 20.8 Å². The molecule has 1 aliphatic rings. The van der Waals surface area contributed by atoms with Gasteiger partial charge in [0.05, 0.1) is 5.60 Å². The monoisotopic (exact) mass is 280 g/mol. The molecular weight excluding hydrogens is 262 g/mol. The number of hydrogen-bond acceptors (Lipinski definition) is 4. The van der Waals surface area contributed by atoms with Gasteiger partial charge in [-0.05, 0) is 39.7 Å². The molecule has 2 heterocycles.